The van der Waals surface area contributed by atoms with Crippen molar-refractivity contribution < 1.29 is 14.7 Å². The molecule has 0 aliphatic heterocycles. The van der Waals surface area contributed by atoms with Gasteiger partial charge in [-0.2, -0.15) is 0 Å². The first-order chi connectivity index (χ1) is 9.88. The molecule has 4 N–H and O–H groups in total. The average molecular weight is 293 g/mol. The minimum absolute atomic E-state index is 0.0652. The molecule has 1 aromatic carbocycles. The van der Waals surface area contributed by atoms with Gasteiger partial charge in [0.05, 0.1) is 12.6 Å². The topological polar surface area (TPSA) is 90.5 Å². The van der Waals surface area contributed by atoms with Gasteiger partial charge in [-0.1, -0.05) is 26.0 Å². The summed E-state index contributed by atoms with van der Waals surface area (Å²) in [6, 6.07) is 6.41. The van der Waals surface area contributed by atoms with Gasteiger partial charge in [-0.05, 0) is 30.5 Å². The Hall–Kier alpha value is -2.08. The summed E-state index contributed by atoms with van der Waals surface area (Å²) in [5, 5.41) is 17.2. The fourth-order valence-electron chi connectivity index (χ4n) is 1.56. The molecule has 0 saturated carbocycles. The number of carbonyl (C=O) groups is 2. The maximum absolute atomic E-state index is 11.6. The van der Waals surface area contributed by atoms with E-state index in [2.05, 4.69) is 16.0 Å². The van der Waals surface area contributed by atoms with Crippen LogP contribution in [0.25, 0.3) is 0 Å². The quantitative estimate of drug-likeness (QED) is 0.642. The predicted molar refractivity (Wildman–Crippen MR) is 81.9 cm³/mol. The molecule has 0 bridgehead atoms. The van der Waals surface area contributed by atoms with Crippen molar-refractivity contribution in [2.45, 2.75) is 26.9 Å². The third kappa shape index (κ3) is 6.76. The van der Waals surface area contributed by atoms with Crippen LogP contribution in [0.4, 0.5) is 10.5 Å². The van der Waals surface area contributed by atoms with E-state index in [9.17, 15) is 14.7 Å². The Labute approximate surface area is 124 Å². The molecular formula is C15H23N3O3. The SMILES string of the molecule is CC(C)CNC(=O)CNC(=O)Nc1ccc(C(C)O)cc1. The largest absolute Gasteiger partial charge is 0.389 e. The van der Waals surface area contributed by atoms with Gasteiger partial charge in [0.25, 0.3) is 0 Å². The van der Waals surface area contributed by atoms with Gasteiger partial charge in [0.2, 0.25) is 5.91 Å². The fraction of sp³-hybridized carbons (Fsp3) is 0.467. The molecule has 1 atom stereocenters. The molecule has 3 amide bonds. The Balaban J connectivity index is 2.35. The number of carbonyl (C=O) groups excluding carboxylic acids is 2. The zero-order chi connectivity index (χ0) is 15.8. The van der Waals surface area contributed by atoms with E-state index in [-0.39, 0.29) is 12.5 Å². The number of aliphatic hydroxyl groups excluding tert-OH is 1. The molecule has 0 aliphatic rings. The van der Waals surface area contributed by atoms with Crippen molar-refractivity contribution in [3.05, 3.63) is 29.8 Å². The van der Waals surface area contributed by atoms with Gasteiger partial charge >= 0.3 is 6.03 Å². The molecule has 0 aliphatic carbocycles. The van der Waals surface area contributed by atoms with Gasteiger partial charge < -0.3 is 21.1 Å². The van der Waals surface area contributed by atoms with Gasteiger partial charge in [-0.15, -0.1) is 0 Å². The normalized spacial score (nSPS) is 11.9. The lowest BCUT2D eigenvalue weighted by molar-refractivity contribution is -0.120. The molecule has 6 heteroatoms. The highest BCUT2D eigenvalue weighted by atomic mass is 16.3. The Kier molecular flexibility index (Phi) is 6.68. The van der Waals surface area contributed by atoms with E-state index in [4.69, 9.17) is 0 Å². The number of nitrogens with one attached hydrogen (secondary N) is 3. The van der Waals surface area contributed by atoms with Crippen molar-refractivity contribution in [2.24, 2.45) is 5.92 Å². The lowest BCUT2D eigenvalue weighted by Gasteiger charge is -2.10. The van der Waals surface area contributed by atoms with Gasteiger partial charge in [0, 0.05) is 12.2 Å². The molecule has 21 heavy (non-hydrogen) atoms. The monoisotopic (exact) mass is 293 g/mol. The number of anilines is 1. The van der Waals surface area contributed by atoms with Crippen LogP contribution in [0.5, 0.6) is 0 Å². The Morgan fingerprint density at radius 1 is 1.10 bits per heavy atom. The molecule has 116 valence electrons. The smallest absolute Gasteiger partial charge is 0.319 e. The van der Waals surface area contributed by atoms with E-state index in [0.29, 0.717) is 18.2 Å². The first kappa shape index (κ1) is 17.0. The summed E-state index contributed by atoms with van der Waals surface area (Å²) in [7, 11) is 0. The summed E-state index contributed by atoms with van der Waals surface area (Å²) in [4.78, 5) is 23.1. The first-order valence-electron chi connectivity index (χ1n) is 6.98. The van der Waals surface area contributed by atoms with Crippen molar-refractivity contribution >= 4 is 17.6 Å². The zero-order valence-corrected chi connectivity index (χ0v) is 12.6. The highest BCUT2D eigenvalue weighted by Crippen LogP contribution is 2.15. The second-order valence-electron chi connectivity index (χ2n) is 5.30. The maximum Gasteiger partial charge on any atom is 0.319 e. The number of rotatable bonds is 6. The Morgan fingerprint density at radius 2 is 1.71 bits per heavy atom. The molecule has 0 spiro atoms. The Morgan fingerprint density at radius 3 is 2.24 bits per heavy atom. The number of urea groups is 1. The highest BCUT2D eigenvalue weighted by molar-refractivity contribution is 5.92. The zero-order valence-electron chi connectivity index (χ0n) is 12.6. The number of benzene rings is 1. The summed E-state index contributed by atoms with van der Waals surface area (Å²) >= 11 is 0. The van der Waals surface area contributed by atoms with Crippen LogP contribution in [0.3, 0.4) is 0 Å². The van der Waals surface area contributed by atoms with Crippen LogP contribution < -0.4 is 16.0 Å². The van der Waals surface area contributed by atoms with Crippen molar-refractivity contribution in [2.75, 3.05) is 18.4 Å². The van der Waals surface area contributed by atoms with Gasteiger partial charge in [0.1, 0.15) is 0 Å². The number of amides is 3. The van der Waals surface area contributed by atoms with E-state index >= 15 is 0 Å². The van der Waals surface area contributed by atoms with E-state index in [1.807, 2.05) is 13.8 Å². The van der Waals surface area contributed by atoms with E-state index in [0.717, 1.165) is 5.56 Å². The second kappa shape index (κ2) is 8.26. The van der Waals surface area contributed by atoms with Crippen LogP contribution in [0, 0.1) is 5.92 Å². The number of hydrogen-bond donors (Lipinski definition) is 4. The van der Waals surface area contributed by atoms with Crippen LogP contribution >= 0.6 is 0 Å². The summed E-state index contributed by atoms with van der Waals surface area (Å²) in [6.07, 6.45) is -0.544. The van der Waals surface area contributed by atoms with Crippen molar-refractivity contribution in [1.82, 2.24) is 10.6 Å². The van der Waals surface area contributed by atoms with Crippen LogP contribution in [0.2, 0.25) is 0 Å². The van der Waals surface area contributed by atoms with Crippen LogP contribution in [0.15, 0.2) is 24.3 Å². The molecule has 0 fully saturated rings. The molecular weight excluding hydrogens is 270 g/mol. The van der Waals surface area contributed by atoms with Crippen molar-refractivity contribution in [3.8, 4) is 0 Å². The third-order valence-electron chi connectivity index (χ3n) is 2.77. The van der Waals surface area contributed by atoms with Crippen molar-refractivity contribution in [1.29, 1.82) is 0 Å². The first-order valence-corrected chi connectivity index (χ1v) is 6.98. The van der Waals surface area contributed by atoms with E-state index < -0.39 is 12.1 Å². The standard InChI is InChI=1S/C15H23N3O3/c1-10(2)8-16-14(20)9-17-15(21)18-13-6-4-12(5-7-13)11(3)19/h4-7,10-11,19H,8-9H2,1-3H3,(H,16,20)(H2,17,18,21). The molecule has 1 rings (SSSR count). The van der Waals surface area contributed by atoms with Crippen LogP contribution in [-0.4, -0.2) is 30.1 Å². The minimum atomic E-state index is -0.544. The predicted octanol–water partition coefficient (Wildman–Crippen LogP) is 1.63. The lowest BCUT2D eigenvalue weighted by Crippen LogP contribution is -2.39. The number of hydrogen-bond acceptors (Lipinski definition) is 3. The van der Waals surface area contributed by atoms with Gasteiger partial charge in [-0.3, -0.25) is 4.79 Å². The molecule has 1 aromatic rings. The number of aliphatic hydroxyl groups is 1. The van der Waals surface area contributed by atoms with Crippen LogP contribution in [0.1, 0.15) is 32.4 Å². The van der Waals surface area contributed by atoms with Crippen molar-refractivity contribution in [3.63, 3.8) is 0 Å². The molecule has 0 heterocycles. The van der Waals surface area contributed by atoms with Gasteiger partial charge in [-0.25, -0.2) is 4.79 Å². The molecule has 6 nitrogen and oxygen atoms in total. The maximum atomic E-state index is 11.6. The highest BCUT2D eigenvalue weighted by Gasteiger charge is 2.06. The minimum Gasteiger partial charge on any atom is -0.389 e. The van der Waals surface area contributed by atoms with E-state index in [1.165, 1.54) is 0 Å². The summed E-state index contributed by atoms with van der Waals surface area (Å²) in [6.45, 7) is 6.19. The molecule has 0 aromatic heterocycles. The third-order valence-corrected chi connectivity index (χ3v) is 2.77. The lowest BCUT2D eigenvalue weighted by atomic mass is 10.1. The summed E-state index contributed by atoms with van der Waals surface area (Å²) in [5.74, 6) is 0.151. The second-order valence-corrected chi connectivity index (χ2v) is 5.30. The summed E-state index contributed by atoms with van der Waals surface area (Å²) < 4.78 is 0. The Bertz CT molecular complexity index is 470. The summed E-state index contributed by atoms with van der Waals surface area (Å²) in [5.41, 5.74) is 1.37. The fourth-order valence-corrected chi connectivity index (χ4v) is 1.56. The average Bonchev–Trinajstić information content (AvgIpc) is 2.43. The van der Waals surface area contributed by atoms with Gasteiger partial charge in [0.15, 0.2) is 0 Å². The molecule has 0 saturated heterocycles. The van der Waals surface area contributed by atoms with Crippen LogP contribution in [-0.2, 0) is 4.79 Å². The molecule has 0 radical (unpaired) electrons. The molecule has 1 unspecified atom stereocenters. The van der Waals surface area contributed by atoms with E-state index in [1.54, 1.807) is 31.2 Å².